The highest BCUT2D eigenvalue weighted by Gasteiger charge is 2.49. The highest BCUT2D eigenvalue weighted by atomic mass is 16.5. The second kappa shape index (κ2) is 5.29. The first-order valence-electron chi connectivity index (χ1n) is 7.19. The van der Waals surface area contributed by atoms with Crippen LogP contribution in [0.2, 0.25) is 0 Å². The van der Waals surface area contributed by atoms with Crippen molar-refractivity contribution in [1.29, 1.82) is 0 Å². The fourth-order valence-electron chi connectivity index (χ4n) is 3.08. The van der Waals surface area contributed by atoms with Gasteiger partial charge in [-0.1, -0.05) is 48.5 Å². The summed E-state index contributed by atoms with van der Waals surface area (Å²) in [5.74, 6) is 0.937. The molecule has 1 unspecified atom stereocenters. The Hall–Kier alpha value is -1.80. The molecule has 3 rings (SSSR count). The van der Waals surface area contributed by atoms with Crippen LogP contribution in [0.3, 0.4) is 0 Å². The molecule has 2 heteroatoms. The maximum Gasteiger partial charge on any atom is 0.122 e. The summed E-state index contributed by atoms with van der Waals surface area (Å²) in [6.45, 7) is 0. The molecule has 0 radical (unpaired) electrons. The SMILES string of the molecule is COc1ccccc1CC(N)C1(c2ccccc2)CC1. The van der Waals surface area contributed by atoms with Gasteiger partial charge in [0.1, 0.15) is 5.75 Å². The second-order valence-corrected chi connectivity index (χ2v) is 5.64. The highest BCUT2D eigenvalue weighted by molar-refractivity contribution is 5.38. The number of nitrogens with two attached hydrogens (primary N) is 1. The molecule has 0 spiro atoms. The van der Waals surface area contributed by atoms with Crippen LogP contribution >= 0.6 is 0 Å². The third-order valence-corrected chi connectivity index (χ3v) is 4.48. The smallest absolute Gasteiger partial charge is 0.122 e. The van der Waals surface area contributed by atoms with Crippen LogP contribution in [0, 0.1) is 0 Å². The lowest BCUT2D eigenvalue weighted by Crippen LogP contribution is -2.36. The Kier molecular flexibility index (Phi) is 3.49. The quantitative estimate of drug-likeness (QED) is 0.902. The Morgan fingerprint density at radius 3 is 2.35 bits per heavy atom. The summed E-state index contributed by atoms with van der Waals surface area (Å²) in [5.41, 5.74) is 9.29. The van der Waals surface area contributed by atoms with Crippen LogP contribution < -0.4 is 10.5 Å². The van der Waals surface area contributed by atoms with Crippen molar-refractivity contribution in [3.63, 3.8) is 0 Å². The molecular formula is C18H21NO. The summed E-state index contributed by atoms with van der Waals surface area (Å²) in [6, 6.07) is 19.0. The molecule has 1 aliphatic rings. The number of rotatable bonds is 5. The summed E-state index contributed by atoms with van der Waals surface area (Å²) in [5, 5.41) is 0. The molecule has 1 atom stereocenters. The number of para-hydroxylation sites is 1. The van der Waals surface area contributed by atoms with Crippen LogP contribution in [0.1, 0.15) is 24.0 Å². The predicted octanol–water partition coefficient (Wildman–Crippen LogP) is 3.30. The number of hydrogen-bond acceptors (Lipinski definition) is 2. The van der Waals surface area contributed by atoms with E-state index < -0.39 is 0 Å². The summed E-state index contributed by atoms with van der Waals surface area (Å²) >= 11 is 0. The Morgan fingerprint density at radius 2 is 1.70 bits per heavy atom. The minimum atomic E-state index is 0.140. The monoisotopic (exact) mass is 267 g/mol. The first-order chi connectivity index (χ1) is 9.76. The van der Waals surface area contributed by atoms with Gasteiger partial charge in [-0.05, 0) is 36.5 Å². The van der Waals surface area contributed by atoms with E-state index in [-0.39, 0.29) is 11.5 Å². The van der Waals surface area contributed by atoms with Crippen molar-refractivity contribution in [2.24, 2.45) is 5.73 Å². The molecule has 0 aliphatic heterocycles. The Balaban J connectivity index is 1.82. The molecule has 0 saturated heterocycles. The molecule has 1 fully saturated rings. The average molecular weight is 267 g/mol. The van der Waals surface area contributed by atoms with E-state index in [9.17, 15) is 0 Å². The summed E-state index contributed by atoms with van der Waals surface area (Å²) in [7, 11) is 1.72. The minimum Gasteiger partial charge on any atom is -0.496 e. The third-order valence-electron chi connectivity index (χ3n) is 4.48. The number of ether oxygens (including phenoxy) is 1. The Bertz CT molecular complexity index is 575. The molecule has 104 valence electrons. The summed E-state index contributed by atoms with van der Waals surface area (Å²) < 4.78 is 5.43. The molecule has 2 nitrogen and oxygen atoms in total. The molecule has 1 aliphatic carbocycles. The van der Waals surface area contributed by atoms with Crippen molar-refractivity contribution >= 4 is 0 Å². The topological polar surface area (TPSA) is 35.2 Å². The largest absolute Gasteiger partial charge is 0.496 e. The number of benzene rings is 2. The van der Waals surface area contributed by atoms with Gasteiger partial charge < -0.3 is 10.5 Å². The van der Waals surface area contributed by atoms with Crippen LogP contribution in [0.25, 0.3) is 0 Å². The van der Waals surface area contributed by atoms with Gasteiger partial charge in [-0.15, -0.1) is 0 Å². The van der Waals surface area contributed by atoms with Gasteiger partial charge in [-0.3, -0.25) is 0 Å². The zero-order chi connectivity index (χ0) is 14.0. The van der Waals surface area contributed by atoms with E-state index in [4.69, 9.17) is 10.5 Å². The van der Waals surface area contributed by atoms with Crippen LogP contribution in [0.4, 0.5) is 0 Å². The van der Waals surface area contributed by atoms with E-state index in [1.807, 2.05) is 18.2 Å². The first kappa shape index (κ1) is 13.2. The van der Waals surface area contributed by atoms with Gasteiger partial charge in [0.2, 0.25) is 0 Å². The molecule has 2 N–H and O–H groups in total. The fourth-order valence-corrected chi connectivity index (χ4v) is 3.08. The minimum absolute atomic E-state index is 0.140. The molecule has 0 amide bonds. The normalized spacial score (nSPS) is 17.5. The van der Waals surface area contributed by atoms with E-state index in [1.165, 1.54) is 24.0 Å². The van der Waals surface area contributed by atoms with Gasteiger partial charge in [-0.25, -0.2) is 0 Å². The van der Waals surface area contributed by atoms with Crippen LogP contribution in [-0.4, -0.2) is 13.2 Å². The average Bonchev–Trinajstić information content (AvgIpc) is 3.30. The molecule has 0 heterocycles. The van der Waals surface area contributed by atoms with Crippen LogP contribution in [0.15, 0.2) is 54.6 Å². The van der Waals surface area contributed by atoms with E-state index in [1.54, 1.807) is 7.11 Å². The highest BCUT2D eigenvalue weighted by Crippen LogP contribution is 2.51. The molecule has 0 aromatic heterocycles. The zero-order valence-electron chi connectivity index (χ0n) is 11.9. The van der Waals surface area contributed by atoms with Gasteiger partial charge in [-0.2, -0.15) is 0 Å². The van der Waals surface area contributed by atoms with Crippen molar-refractivity contribution in [2.45, 2.75) is 30.7 Å². The van der Waals surface area contributed by atoms with E-state index >= 15 is 0 Å². The lowest BCUT2D eigenvalue weighted by atomic mass is 9.85. The molecule has 20 heavy (non-hydrogen) atoms. The van der Waals surface area contributed by atoms with Crippen LogP contribution in [-0.2, 0) is 11.8 Å². The van der Waals surface area contributed by atoms with Crippen LogP contribution in [0.5, 0.6) is 5.75 Å². The second-order valence-electron chi connectivity index (χ2n) is 5.64. The summed E-state index contributed by atoms with van der Waals surface area (Å²) in [6.07, 6.45) is 3.24. The maximum absolute atomic E-state index is 6.55. The molecule has 1 saturated carbocycles. The van der Waals surface area contributed by atoms with E-state index in [2.05, 4.69) is 36.4 Å². The maximum atomic E-state index is 6.55. The van der Waals surface area contributed by atoms with E-state index in [0.717, 1.165) is 12.2 Å². The third kappa shape index (κ3) is 2.32. The number of methoxy groups -OCH3 is 1. The summed E-state index contributed by atoms with van der Waals surface area (Å²) in [4.78, 5) is 0. The van der Waals surface area contributed by atoms with Crippen molar-refractivity contribution in [2.75, 3.05) is 7.11 Å². The lowest BCUT2D eigenvalue weighted by Gasteiger charge is -2.24. The van der Waals surface area contributed by atoms with Crippen molar-refractivity contribution in [3.05, 3.63) is 65.7 Å². The predicted molar refractivity (Wildman–Crippen MR) is 82.0 cm³/mol. The zero-order valence-corrected chi connectivity index (χ0v) is 11.9. The molecule has 2 aromatic rings. The number of hydrogen-bond donors (Lipinski definition) is 1. The van der Waals surface area contributed by atoms with Gasteiger partial charge in [0.05, 0.1) is 7.11 Å². The van der Waals surface area contributed by atoms with Crippen molar-refractivity contribution in [1.82, 2.24) is 0 Å². The van der Waals surface area contributed by atoms with Crippen molar-refractivity contribution in [3.8, 4) is 5.75 Å². The van der Waals surface area contributed by atoms with Gasteiger partial charge in [0.15, 0.2) is 0 Å². The fraction of sp³-hybridized carbons (Fsp3) is 0.333. The van der Waals surface area contributed by atoms with Crippen molar-refractivity contribution < 1.29 is 4.74 Å². The molecule has 0 bridgehead atoms. The Labute approximate surface area is 120 Å². The lowest BCUT2D eigenvalue weighted by molar-refractivity contribution is 0.404. The van der Waals surface area contributed by atoms with Gasteiger partial charge in [0.25, 0.3) is 0 Å². The first-order valence-corrected chi connectivity index (χ1v) is 7.19. The molecular weight excluding hydrogens is 246 g/mol. The molecule has 2 aromatic carbocycles. The van der Waals surface area contributed by atoms with Gasteiger partial charge >= 0.3 is 0 Å². The van der Waals surface area contributed by atoms with E-state index in [0.29, 0.717) is 0 Å². The Morgan fingerprint density at radius 1 is 1.05 bits per heavy atom. The standard InChI is InChI=1S/C18H21NO/c1-20-16-10-6-5-7-14(16)13-17(19)18(11-12-18)15-8-3-2-4-9-15/h2-10,17H,11-13,19H2,1H3. The van der Waals surface area contributed by atoms with Gasteiger partial charge in [0, 0.05) is 11.5 Å².